The molecule has 0 saturated heterocycles. The highest BCUT2D eigenvalue weighted by Crippen LogP contribution is 2.32. The molecule has 7 heteroatoms. The van der Waals surface area contributed by atoms with Crippen LogP contribution in [-0.4, -0.2) is 10.9 Å². The third kappa shape index (κ3) is 4.14. The number of amides is 1. The van der Waals surface area contributed by atoms with Crippen LogP contribution < -0.4 is 5.32 Å². The van der Waals surface area contributed by atoms with Gasteiger partial charge in [0.15, 0.2) is 5.58 Å². The van der Waals surface area contributed by atoms with Crippen molar-refractivity contribution in [3.63, 3.8) is 0 Å². The molecule has 0 aliphatic heterocycles. The zero-order valence-electron chi connectivity index (χ0n) is 14.4. The Morgan fingerprint density at radius 3 is 2.54 bits per heavy atom. The molecule has 1 heterocycles. The molecule has 4 nitrogen and oxygen atoms in total. The van der Waals surface area contributed by atoms with Gasteiger partial charge in [0.25, 0.3) is 0 Å². The van der Waals surface area contributed by atoms with Crippen LogP contribution in [0.25, 0.3) is 22.6 Å². The second-order valence-corrected chi connectivity index (χ2v) is 7.47. The van der Waals surface area contributed by atoms with Crippen LogP contribution in [0.5, 0.6) is 0 Å². The Morgan fingerprint density at radius 1 is 0.964 bits per heavy atom. The van der Waals surface area contributed by atoms with Crippen molar-refractivity contribution in [3.05, 3.63) is 81.3 Å². The predicted octanol–water partition coefficient (Wildman–Crippen LogP) is 6.64. The van der Waals surface area contributed by atoms with Crippen molar-refractivity contribution in [3.8, 4) is 11.5 Å². The molecule has 0 unspecified atom stereocenters. The van der Waals surface area contributed by atoms with Crippen molar-refractivity contribution in [1.29, 1.82) is 0 Å². The van der Waals surface area contributed by atoms with E-state index in [1.54, 1.807) is 36.4 Å². The number of carbonyl (C=O) groups excluding carboxylic acids is 1. The Kier molecular flexibility index (Phi) is 5.27. The van der Waals surface area contributed by atoms with E-state index in [9.17, 15) is 4.79 Å². The molecule has 0 radical (unpaired) electrons. The first kappa shape index (κ1) is 18.8. The fourth-order valence-corrected chi connectivity index (χ4v) is 3.45. The lowest BCUT2D eigenvalue weighted by atomic mass is 10.1. The van der Waals surface area contributed by atoms with Gasteiger partial charge in [-0.1, -0.05) is 53.0 Å². The van der Waals surface area contributed by atoms with E-state index in [4.69, 9.17) is 39.2 Å². The minimum atomic E-state index is -0.133. The van der Waals surface area contributed by atoms with E-state index >= 15 is 0 Å². The van der Waals surface area contributed by atoms with E-state index < -0.39 is 0 Å². The number of hydrogen-bond donors (Lipinski definition) is 1. The highest BCUT2D eigenvalue weighted by atomic mass is 35.5. The van der Waals surface area contributed by atoms with Crippen LogP contribution in [0.15, 0.2) is 65.1 Å². The second-order valence-electron chi connectivity index (χ2n) is 6.19. The number of fused-ring (bicyclic) bond motifs is 1. The lowest BCUT2D eigenvalue weighted by Gasteiger charge is -2.06. The molecule has 140 valence electrons. The molecular weight excluding hydrogens is 419 g/mol. The van der Waals surface area contributed by atoms with E-state index in [-0.39, 0.29) is 12.3 Å². The number of halogens is 3. The van der Waals surface area contributed by atoms with E-state index in [1.165, 1.54) is 0 Å². The molecule has 1 amide bonds. The minimum absolute atomic E-state index is 0.133. The third-order valence-electron chi connectivity index (χ3n) is 4.08. The normalized spacial score (nSPS) is 11.0. The van der Waals surface area contributed by atoms with E-state index in [1.807, 2.05) is 24.3 Å². The van der Waals surface area contributed by atoms with E-state index in [0.717, 1.165) is 5.56 Å². The van der Waals surface area contributed by atoms with Crippen LogP contribution in [0.4, 0.5) is 5.69 Å². The number of nitrogens with one attached hydrogen (secondary N) is 1. The quantitative estimate of drug-likeness (QED) is 0.394. The number of nitrogens with zero attached hydrogens (tertiary/aromatic N) is 1. The van der Waals surface area contributed by atoms with Crippen molar-refractivity contribution >= 4 is 57.5 Å². The van der Waals surface area contributed by atoms with Gasteiger partial charge >= 0.3 is 0 Å². The molecule has 0 bridgehead atoms. The minimum Gasteiger partial charge on any atom is -0.435 e. The van der Waals surface area contributed by atoms with Gasteiger partial charge in [-0.25, -0.2) is 4.98 Å². The maximum absolute atomic E-state index is 12.3. The van der Waals surface area contributed by atoms with Gasteiger partial charge in [0.05, 0.1) is 11.4 Å². The number of carbonyl (C=O) groups is 1. The summed E-state index contributed by atoms with van der Waals surface area (Å²) in [6.07, 6.45) is 0.248. The summed E-state index contributed by atoms with van der Waals surface area (Å²) in [4.78, 5) is 16.8. The Labute approximate surface area is 176 Å². The highest BCUT2D eigenvalue weighted by Gasteiger charge is 2.13. The van der Waals surface area contributed by atoms with Crippen molar-refractivity contribution in [2.24, 2.45) is 0 Å². The Morgan fingerprint density at radius 2 is 1.75 bits per heavy atom. The Bertz CT molecular complexity index is 1170. The molecule has 1 N–H and O–H groups in total. The molecule has 1 aromatic heterocycles. The number of hydrogen-bond acceptors (Lipinski definition) is 3. The fourth-order valence-electron chi connectivity index (χ4n) is 2.81. The van der Waals surface area contributed by atoms with Crippen LogP contribution in [-0.2, 0) is 11.2 Å². The van der Waals surface area contributed by atoms with E-state index in [0.29, 0.717) is 43.3 Å². The summed E-state index contributed by atoms with van der Waals surface area (Å²) < 4.78 is 5.78. The van der Waals surface area contributed by atoms with Gasteiger partial charge in [0.2, 0.25) is 11.8 Å². The second kappa shape index (κ2) is 7.84. The standard InChI is InChI=1S/C21H13Cl3N2O2/c22-14-6-4-12(5-7-14)8-19(27)25-16-3-1-2-13(9-16)21-26-18-11-15(23)10-17(24)20(18)28-21/h1-7,9-11H,8H2,(H,25,27). The molecule has 0 saturated carbocycles. The summed E-state index contributed by atoms with van der Waals surface area (Å²) >= 11 is 18.1. The third-order valence-corrected chi connectivity index (χ3v) is 4.83. The molecule has 0 aliphatic carbocycles. The van der Waals surface area contributed by atoms with E-state index in [2.05, 4.69) is 10.3 Å². The molecule has 0 spiro atoms. The van der Waals surface area contributed by atoms with Gasteiger partial charge in [0, 0.05) is 21.3 Å². The van der Waals surface area contributed by atoms with Crippen molar-refractivity contribution in [1.82, 2.24) is 4.98 Å². The molecule has 4 rings (SSSR count). The molecule has 4 aromatic rings. The van der Waals surface area contributed by atoms with Crippen molar-refractivity contribution < 1.29 is 9.21 Å². The first-order chi connectivity index (χ1) is 13.5. The lowest BCUT2D eigenvalue weighted by molar-refractivity contribution is -0.115. The number of rotatable bonds is 4. The maximum atomic E-state index is 12.3. The molecule has 0 aliphatic rings. The SMILES string of the molecule is O=C(Cc1ccc(Cl)cc1)Nc1cccc(-c2nc3cc(Cl)cc(Cl)c3o2)c1. The van der Waals surface area contributed by atoms with Gasteiger partial charge in [-0.3, -0.25) is 4.79 Å². The summed E-state index contributed by atoms with van der Waals surface area (Å²) in [5, 5.41) is 4.40. The first-order valence-corrected chi connectivity index (χ1v) is 9.51. The van der Waals surface area contributed by atoms with Crippen LogP contribution in [0.2, 0.25) is 15.1 Å². The van der Waals surface area contributed by atoms with Gasteiger partial charge in [-0.2, -0.15) is 0 Å². The average Bonchev–Trinajstić information content (AvgIpc) is 3.08. The topological polar surface area (TPSA) is 55.1 Å². The number of benzene rings is 3. The summed E-state index contributed by atoms with van der Waals surface area (Å²) in [5.41, 5.74) is 3.28. The maximum Gasteiger partial charge on any atom is 0.228 e. The van der Waals surface area contributed by atoms with Crippen LogP contribution >= 0.6 is 34.8 Å². The summed E-state index contributed by atoms with van der Waals surface area (Å²) in [7, 11) is 0. The van der Waals surface area contributed by atoms with Crippen molar-refractivity contribution in [2.45, 2.75) is 6.42 Å². The number of anilines is 1. The zero-order chi connectivity index (χ0) is 19.7. The summed E-state index contributed by atoms with van der Waals surface area (Å²) in [5.74, 6) is 0.264. The largest absolute Gasteiger partial charge is 0.435 e. The summed E-state index contributed by atoms with van der Waals surface area (Å²) in [6, 6.07) is 17.7. The number of aromatic nitrogens is 1. The fraction of sp³-hybridized carbons (Fsp3) is 0.0476. The monoisotopic (exact) mass is 430 g/mol. The van der Waals surface area contributed by atoms with Gasteiger partial charge in [-0.15, -0.1) is 0 Å². The Hall–Kier alpha value is -2.53. The molecule has 28 heavy (non-hydrogen) atoms. The molecule has 0 fully saturated rings. The first-order valence-electron chi connectivity index (χ1n) is 8.38. The predicted molar refractivity (Wildman–Crippen MR) is 113 cm³/mol. The van der Waals surface area contributed by atoms with Crippen LogP contribution in [0.3, 0.4) is 0 Å². The lowest BCUT2D eigenvalue weighted by Crippen LogP contribution is -2.14. The van der Waals surface area contributed by atoms with Gasteiger partial charge < -0.3 is 9.73 Å². The average molecular weight is 432 g/mol. The highest BCUT2D eigenvalue weighted by molar-refractivity contribution is 6.38. The number of oxazole rings is 1. The molecule has 3 aromatic carbocycles. The molecule has 0 atom stereocenters. The van der Waals surface area contributed by atoms with Crippen LogP contribution in [0.1, 0.15) is 5.56 Å². The zero-order valence-corrected chi connectivity index (χ0v) is 16.6. The smallest absolute Gasteiger partial charge is 0.228 e. The van der Waals surface area contributed by atoms with Gasteiger partial charge in [0.1, 0.15) is 5.52 Å². The van der Waals surface area contributed by atoms with Gasteiger partial charge in [-0.05, 0) is 48.0 Å². The summed E-state index contributed by atoms with van der Waals surface area (Å²) in [6.45, 7) is 0. The molecular formula is C21H13Cl3N2O2. The Balaban J connectivity index is 1.55. The van der Waals surface area contributed by atoms with Crippen molar-refractivity contribution in [2.75, 3.05) is 5.32 Å². The van der Waals surface area contributed by atoms with Crippen LogP contribution in [0, 0.1) is 0 Å².